The van der Waals surface area contributed by atoms with E-state index in [4.69, 9.17) is 11.6 Å². The molecule has 1 aliphatic heterocycles. The van der Waals surface area contributed by atoms with Crippen molar-refractivity contribution in [2.75, 3.05) is 11.1 Å². The van der Waals surface area contributed by atoms with E-state index in [0.29, 0.717) is 0 Å². The molecule has 0 bridgehead atoms. The maximum atomic E-state index is 13.8. The largest absolute Gasteiger partial charge is 0.377 e. The van der Waals surface area contributed by atoms with Gasteiger partial charge in [-0.25, -0.2) is 4.39 Å². The SMILES string of the molecule is Fc1cccc2c1SCCC2Nc1ccc(Cl)cc1I. The molecule has 5 heteroatoms. The zero-order valence-electron chi connectivity index (χ0n) is 10.5. The first-order chi connectivity index (χ1) is 9.65. The van der Waals surface area contributed by atoms with Crippen molar-refractivity contribution in [2.45, 2.75) is 17.4 Å². The molecule has 0 aliphatic carbocycles. The maximum Gasteiger partial charge on any atom is 0.137 e. The van der Waals surface area contributed by atoms with Crippen LogP contribution in [0, 0.1) is 9.39 Å². The van der Waals surface area contributed by atoms with E-state index < -0.39 is 0 Å². The van der Waals surface area contributed by atoms with Crippen LogP contribution < -0.4 is 5.32 Å². The molecule has 1 nitrogen and oxygen atoms in total. The number of fused-ring (bicyclic) bond motifs is 1. The van der Waals surface area contributed by atoms with Crippen molar-refractivity contribution in [1.82, 2.24) is 0 Å². The molecule has 0 radical (unpaired) electrons. The summed E-state index contributed by atoms with van der Waals surface area (Å²) in [7, 11) is 0. The molecular formula is C15H12ClFINS. The quantitative estimate of drug-likeness (QED) is 0.624. The van der Waals surface area contributed by atoms with E-state index >= 15 is 0 Å². The second kappa shape index (κ2) is 6.12. The summed E-state index contributed by atoms with van der Waals surface area (Å²) in [6.45, 7) is 0. The monoisotopic (exact) mass is 419 g/mol. The zero-order valence-corrected chi connectivity index (χ0v) is 14.2. The summed E-state index contributed by atoms with van der Waals surface area (Å²) in [5.41, 5.74) is 2.09. The first kappa shape index (κ1) is 14.5. The Bertz CT molecular complexity index is 650. The van der Waals surface area contributed by atoms with E-state index in [1.807, 2.05) is 24.3 Å². The highest BCUT2D eigenvalue weighted by atomic mass is 127. The van der Waals surface area contributed by atoms with Crippen molar-refractivity contribution in [3.63, 3.8) is 0 Å². The van der Waals surface area contributed by atoms with Crippen LogP contribution in [-0.4, -0.2) is 5.75 Å². The van der Waals surface area contributed by atoms with Gasteiger partial charge in [-0.2, -0.15) is 0 Å². The number of thioether (sulfide) groups is 1. The number of anilines is 1. The van der Waals surface area contributed by atoms with Gasteiger partial charge in [0.25, 0.3) is 0 Å². The Hall–Kier alpha value is -0.460. The minimum absolute atomic E-state index is 0.121. The summed E-state index contributed by atoms with van der Waals surface area (Å²) in [6, 6.07) is 11.2. The molecular weight excluding hydrogens is 408 g/mol. The molecule has 1 atom stereocenters. The van der Waals surface area contributed by atoms with Gasteiger partial charge < -0.3 is 5.32 Å². The number of hydrogen-bond donors (Lipinski definition) is 1. The van der Waals surface area contributed by atoms with Gasteiger partial charge in [0.15, 0.2) is 0 Å². The fourth-order valence-corrected chi connectivity index (χ4v) is 4.50. The number of rotatable bonds is 2. The van der Waals surface area contributed by atoms with E-state index in [-0.39, 0.29) is 11.9 Å². The van der Waals surface area contributed by atoms with Crippen molar-refractivity contribution in [1.29, 1.82) is 0 Å². The molecule has 0 aromatic heterocycles. The third-order valence-electron chi connectivity index (χ3n) is 3.29. The molecule has 1 aliphatic rings. The fraction of sp³-hybridized carbons (Fsp3) is 0.200. The van der Waals surface area contributed by atoms with Gasteiger partial charge in [-0.15, -0.1) is 11.8 Å². The normalized spacial score (nSPS) is 17.6. The fourth-order valence-electron chi connectivity index (χ4n) is 2.33. The van der Waals surface area contributed by atoms with Crippen LogP contribution in [0.4, 0.5) is 10.1 Å². The van der Waals surface area contributed by atoms with Gasteiger partial charge >= 0.3 is 0 Å². The van der Waals surface area contributed by atoms with Gasteiger partial charge in [-0.3, -0.25) is 0 Å². The number of hydrogen-bond acceptors (Lipinski definition) is 2. The Morgan fingerprint density at radius 1 is 1.30 bits per heavy atom. The molecule has 1 heterocycles. The van der Waals surface area contributed by atoms with E-state index in [0.717, 1.165) is 36.9 Å². The second-order valence-corrected chi connectivity index (χ2v) is 7.32. The lowest BCUT2D eigenvalue weighted by Gasteiger charge is -2.27. The van der Waals surface area contributed by atoms with Gasteiger partial charge in [0, 0.05) is 24.9 Å². The summed E-state index contributed by atoms with van der Waals surface area (Å²) in [5.74, 6) is 0.806. The zero-order chi connectivity index (χ0) is 14.1. The van der Waals surface area contributed by atoms with Crippen LogP contribution in [0.3, 0.4) is 0 Å². The minimum Gasteiger partial charge on any atom is -0.377 e. The Morgan fingerprint density at radius 2 is 2.15 bits per heavy atom. The Morgan fingerprint density at radius 3 is 2.95 bits per heavy atom. The van der Waals surface area contributed by atoms with Gasteiger partial charge in [-0.1, -0.05) is 23.7 Å². The molecule has 0 amide bonds. The molecule has 3 rings (SSSR count). The molecule has 2 aromatic rings. The Labute approximate surface area is 140 Å². The summed E-state index contributed by atoms with van der Waals surface area (Å²) in [6.07, 6.45) is 0.986. The highest BCUT2D eigenvalue weighted by molar-refractivity contribution is 14.1. The van der Waals surface area contributed by atoms with Crippen LogP contribution >= 0.6 is 46.0 Å². The molecule has 2 aromatic carbocycles. The highest BCUT2D eigenvalue weighted by Gasteiger charge is 2.23. The van der Waals surface area contributed by atoms with Crippen molar-refractivity contribution < 1.29 is 4.39 Å². The average Bonchev–Trinajstić information content (AvgIpc) is 2.43. The molecule has 104 valence electrons. The lowest BCUT2D eigenvalue weighted by molar-refractivity contribution is 0.585. The van der Waals surface area contributed by atoms with Gasteiger partial charge in [0.05, 0.1) is 6.04 Å². The molecule has 0 saturated heterocycles. The molecule has 0 saturated carbocycles. The maximum absolute atomic E-state index is 13.8. The first-order valence-corrected chi connectivity index (χ1v) is 8.72. The molecule has 0 fully saturated rings. The van der Waals surface area contributed by atoms with E-state index in [9.17, 15) is 4.39 Å². The predicted molar refractivity (Wildman–Crippen MR) is 92.3 cm³/mol. The van der Waals surface area contributed by atoms with Crippen molar-refractivity contribution in [2.24, 2.45) is 0 Å². The third kappa shape index (κ3) is 2.92. The first-order valence-electron chi connectivity index (χ1n) is 6.28. The lowest BCUT2D eigenvalue weighted by Crippen LogP contribution is -2.17. The molecule has 1 unspecified atom stereocenters. The molecule has 0 spiro atoms. The number of halogens is 3. The highest BCUT2D eigenvalue weighted by Crippen LogP contribution is 2.40. The molecule has 1 N–H and O–H groups in total. The smallest absolute Gasteiger partial charge is 0.137 e. The second-order valence-electron chi connectivity index (χ2n) is 4.62. The standard InChI is InChI=1S/C15H12ClFINS/c16-9-4-5-14(12(18)8-9)19-13-6-7-20-15-10(13)2-1-3-11(15)17/h1-5,8,13,19H,6-7H2. The van der Waals surface area contributed by atoms with Crippen LogP contribution in [0.15, 0.2) is 41.3 Å². The molecule has 20 heavy (non-hydrogen) atoms. The number of benzene rings is 2. The van der Waals surface area contributed by atoms with Crippen molar-refractivity contribution >= 4 is 51.6 Å². The van der Waals surface area contributed by atoms with E-state index in [1.165, 1.54) is 6.07 Å². The van der Waals surface area contributed by atoms with E-state index in [1.54, 1.807) is 17.8 Å². The van der Waals surface area contributed by atoms with Crippen LogP contribution in [0.25, 0.3) is 0 Å². The summed E-state index contributed by atoms with van der Waals surface area (Å²) < 4.78 is 14.9. The third-order valence-corrected chi connectivity index (χ3v) is 5.57. The average molecular weight is 420 g/mol. The minimum atomic E-state index is -0.121. The van der Waals surface area contributed by atoms with Crippen LogP contribution in [0.2, 0.25) is 5.02 Å². The van der Waals surface area contributed by atoms with Crippen molar-refractivity contribution in [3.8, 4) is 0 Å². The van der Waals surface area contributed by atoms with Crippen LogP contribution in [0.1, 0.15) is 18.0 Å². The van der Waals surface area contributed by atoms with E-state index in [2.05, 4.69) is 27.9 Å². The Kier molecular flexibility index (Phi) is 4.43. The number of nitrogens with one attached hydrogen (secondary N) is 1. The summed E-state index contributed by atoms with van der Waals surface area (Å²) >= 11 is 9.84. The van der Waals surface area contributed by atoms with Crippen LogP contribution in [-0.2, 0) is 0 Å². The Balaban J connectivity index is 1.91. The lowest BCUT2D eigenvalue weighted by atomic mass is 10.0. The predicted octanol–water partition coefficient (Wildman–Crippen LogP) is 5.73. The summed E-state index contributed by atoms with van der Waals surface area (Å²) in [4.78, 5) is 0.778. The topological polar surface area (TPSA) is 12.0 Å². The van der Waals surface area contributed by atoms with Crippen LogP contribution in [0.5, 0.6) is 0 Å². The van der Waals surface area contributed by atoms with Gasteiger partial charge in [0.1, 0.15) is 5.82 Å². The summed E-state index contributed by atoms with van der Waals surface area (Å²) in [5, 5.41) is 4.24. The van der Waals surface area contributed by atoms with Gasteiger partial charge in [-0.05, 0) is 58.8 Å². The van der Waals surface area contributed by atoms with Gasteiger partial charge in [0.2, 0.25) is 0 Å². The van der Waals surface area contributed by atoms with Crippen molar-refractivity contribution in [3.05, 3.63) is 56.4 Å².